The van der Waals surface area contributed by atoms with Crippen LogP contribution in [0, 0.1) is 5.82 Å². The van der Waals surface area contributed by atoms with Crippen molar-refractivity contribution < 1.29 is 13.9 Å². The van der Waals surface area contributed by atoms with Crippen molar-refractivity contribution in [3.05, 3.63) is 35.6 Å². The molecule has 82 valence electrons. The number of likely N-dealkylation sites (N-methyl/N-ethyl adjacent to an activating group) is 1. The summed E-state index contributed by atoms with van der Waals surface area (Å²) in [5.74, 6) is -0.250. The van der Waals surface area contributed by atoms with Crippen LogP contribution < -0.4 is 0 Å². The largest absolute Gasteiger partial charge is 0.453 e. The monoisotopic (exact) mass is 211 g/mol. The Morgan fingerprint density at radius 3 is 2.53 bits per heavy atom. The Bertz CT molecular complexity index is 324. The van der Waals surface area contributed by atoms with Crippen LogP contribution in [0.5, 0.6) is 0 Å². The molecule has 3 nitrogen and oxygen atoms in total. The second-order valence-electron chi connectivity index (χ2n) is 3.27. The molecule has 1 amide bonds. The molecule has 0 atom stereocenters. The summed E-state index contributed by atoms with van der Waals surface area (Å²) in [6.45, 7) is 0.554. The van der Waals surface area contributed by atoms with Gasteiger partial charge in [-0.25, -0.2) is 9.18 Å². The van der Waals surface area contributed by atoms with Crippen LogP contribution in [0.4, 0.5) is 9.18 Å². The third-order valence-corrected chi connectivity index (χ3v) is 2.14. The molecule has 0 aliphatic heterocycles. The lowest BCUT2D eigenvalue weighted by Gasteiger charge is -2.14. The van der Waals surface area contributed by atoms with Crippen LogP contribution in [-0.2, 0) is 11.2 Å². The number of hydrogen-bond acceptors (Lipinski definition) is 2. The van der Waals surface area contributed by atoms with Gasteiger partial charge in [0.25, 0.3) is 0 Å². The molecular weight excluding hydrogens is 197 g/mol. The van der Waals surface area contributed by atoms with Crippen molar-refractivity contribution >= 4 is 6.09 Å². The predicted molar refractivity (Wildman–Crippen MR) is 55.1 cm³/mol. The quantitative estimate of drug-likeness (QED) is 0.766. The van der Waals surface area contributed by atoms with Crippen LogP contribution in [0.25, 0.3) is 0 Å². The Labute approximate surface area is 88.5 Å². The molecule has 0 radical (unpaired) electrons. The molecule has 0 bridgehead atoms. The molecule has 0 heterocycles. The van der Waals surface area contributed by atoms with Gasteiger partial charge in [-0.2, -0.15) is 0 Å². The van der Waals surface area contributed by atoms with Crippen molar-refractivity contribution in [3.63, 3.8) is 0 Å². The smallest absolute Gasteiger partial charge is 0.409 e. The molecule has 15 heavy (non-hydrogen) atoms. The van der Waals surface area contributed by atoms with Crippen molar-refractivity contribution in [3.8, 4) is 0 Å². The molecule has 4 heteroatoms. The highest BCUT2D eigenvalue weighted by atomic mass is 19.1. The fourth-order valence-corrected chi connectivity index (χ4v) is 1.20. The minimum Gasteiger partial charge on any atom is -0.453 e. The number of benzene rings is 1. The molecule has 0 aliphatic rings. The van der Waals surface area contributed by atoms with Crippen molar-refractivity contribution in [2.75, 3.05) is 20.7 Å². The first-order chi connectivity index (χ1) is 7.13. The fraction of sp³-hybridized carbons (Fsp3) is 0.364. The van der Waals surface area contributed by atoms with Crippen LogP contribution in [-0.4, -0.2) is 31.7 Å². The zero-order chi connectivity index (χ0) is 11.3. The van der Waals surface area contributed by atoms with Crippen molar-refractivity contribution in [1.29, 1.82) is 0 Å². The molecule has 1 aromatic carbocycles. The summed E-state index contributed by atoms with van der Waals surface area (Å²) in [7, 11) is 3.01. The van der Waals surface area contributed by atoms with E-state index in [1.165, 1.54) is 24.1 Å². The summed E-state index contributed by atoms with van der Waals surface area (Å²) < 4.78 is 17.1. The molecule has 0 saturated carbocycles. The minimum atomic E-state index is -0.364. The maximum Gasteiger partial charge on any atom is 0.409 e. The van der Waals surface area contributed by atoms with Crippen LogP contribution >= 0.6 is 0 Å². The average molecular weight is 211 g/mol. The molecule has 0 saturated heterocycles. The van der Waals surface area contributed by atoms with E-state index in [4.69, 9.17) is 0 Å². The number of hydrogen-bond donors (Lipinski definition) is 0. The summed E-state index contributed by atoms with van der Waals surface area (Å²) in [6, 6.07) is 6.24. The molecule has 1 rings (SSSR count). The van der Waals surface area contributed by atoms with Gasteiger partial charge < -0.3 is 9.64 Å². The highest BCUT2D eigenvalue weighted by Crippen LogP contribution is 2.04. The summed E-state index contributed by atoms with van der Waals surface area (Å²) in [4.78, 5) is 12.5. The highest BCUT2D eigenvalue weighted by molar-refractivity contribution is 5.66. The van der Waals surface area contributed by atoms with E-state index in [0.717, 1.165) is 5.56 Å². The lowest BCUT2D eigenvalue weighted by Crippen LogP contribution is -2.28. The van der Waals surface area contributed by atoms with Crippen LogP contribution in [0.3, 0.4) is 0 Å². The third kappa shape index (κ3) is 3.58. The lowest BCUT2D eigenvalue weighted by atomic mass is 10.1. The first-order valence-electron chi connectivity index (χ1n) is 4.67. The number of nitrogens with zero attached hydrogens (tertiary/aromatic N) is 1. The van der Waals surface area contributed by atoms with Crippen LogP contribution in [0.15, 0.2) is 24.3 Å². The molecule has 0 unspecified atom stereocenters. The molecule has 0 aliphatic carbocycles. The summed E-state index contributed by atoms with van der Waals surface area (Å²) in [6.07, 6.45) is 0.323. The standard InChI is InChI=1S/C11H14FNO2/c1-13(11(14)15-2)8-7-9-3-5-10(12)6-4-9/h3-6H,7-8H2,1-2H3. The Kier molecular flexibility index (Phi) is 4.09. The second kappa shape index (κ2) is 5.34. The SMILES string of the molecule is COC(=O)N(C)CCc1ccc(F)cc1. The Morgan fingerprint density at radius 2 is 2.00 bits per heavy atom. The zero-order valence-electron chi connectivity index (χ0n) is 8.87. The molecular formula is C11H14FNO2. The topological polar surface area (TPSA) is 29.5 Å². The van der Waals surface area contributed by atoms with Crippen LogP contribution in [0.2, 0.25) is 0 Å². The molecule has 1 aromatic rings. The van der Waals surface area contributed by atoms with E-state index in [1.807, 2.05) is 0 Å². The first kappa shape index (κ1) is 11.5. The number of halogens is 1. The summed E-state index contributed by atoms with van der Waals surface area (Å²) >= 11 is 0. The van der Waals surface area contributed by atoms with Gasteiger partial charge in [-0.1, -0.05) is 12.1 Å². The number of ether oxygens (including phenoxy) is 1. The number of amides is 1. The van der Waals surface area contributed by atoms with Gasteiger partial charge >= 0.3 is 6.09 Å². The summed E-state index contributed by atoms with van der Waals surface area (Å²) in [5, 5.41) is 0. The van der Waals surface area contributed by atoms with Gasteiger partial charge in [-0.3, -0.25) is 0 Å². The molecule has 0 fully saturated rings. The van der Waals surface area contributed by atoms with Gasteiger partial charge in [0.1, 0.15) is 5.82 Å². The van der Waals surface area contributed by atoms with Crippen molar-refractivity contribution in [2.45, 2.75) is 6.42 Å². The van der Waals surface area contributed by atoms with Crippen molar-refractivity contribution in [2.24, 2.45) is 0 Å². The van der Waals surface area contributed by atoms with Crippen molar-refractivity contribution in [1.82, 2.24) is 4.90 Å². The lowest BCUT2D eigenvalue weighted by molar-refractivity contribution is 0.134. The average Bonchev–Trinajstić information content (AvgIpc) is 2.26. The van der Waals surface area contributed by atoms with Gasteiger partial charge in [-0.15, -0.1) is 0 Å². The van der Waals surface area contributed by atoms with E-state index >= 15 is 0 Å². The molecule has 0 spiro atoms. The maximum atomic E-state index is 12.6. The van der Waals surface area contributed by atoms with E-state index in [9.17, 15) is 9.18 Å². The number of rotatable bonds is 3. The van der Waals surface area contributed by atoms with E-state index < -0.39 is 0 Å². The Morgan fingerprint density at radius 1 is 1.40 bits per heavy atom. The predicted octanol–water partition coefficient (Wildman–Crippen LogP) is 2.07. The van der Waals surface area contributed by atoms with E-state index in [-0.39, 0.29) is 11.9 Å². The zero-order valence-corrected chi connectivity index (χ0v) is 8.87. The van der Waals surface area contributed by atoms with Gasteiger partial charge in [0.2, 0.25) is 0 Å². The third-order valence-electron chi connectivity index (χ3n) is 2.14. The fourth-order valence-electron chi connectivity index (χ4n) is 1.20. The minimum absolute atomic E-state index is 0.250. The van der Waals surface area contributed by atoms with Gasteiger partial charge in [-0.05, 0) is 24.1 Å². The van der Waals surface area contributed by atoms with Crippen LogP contribution in [0.1, 0.15) is 5.56 Å². The van der Waals surface area contributed by atoms with E-state index in [2.05, 4.69) is 4.74 Å². The molecule has 0 aromatic heterocycles. The number of carbonyl (C=O) groups is 1. The second-order valence-corrected chi connectivity index (χ2v) is 3.27. The Balaban J connectivity index is 2.43. The van der Waals surface area contributed by atoms with E-state index in [1.54, 1.807) is 19.2 Å². The first-order valence-corrected chi connectivity index (χ1v) is 4.67. The van der Waals surface area contributed by atoms with Gasteiger partial charge in [0, 0.05) is 13.6 Å². The normalized spacial score (nSPS) is 9.80. The number of carbonyl (C=O) groups excluding carboxylic acids is 1. The van der Waals surface area contributed by atoms with E-state index in [0.29, 0.717) is 13.0 Å². The molecule has 0 N–H and O–H groups in total. The highest BCUT2D eigenvalue weighted by Gasteiger charge is 2.07. The summed E-state index contributed by atoms with van der Waals surface area (Å²) in [5.41, 5.74) is 0.993. The van der Waals surface area contributed by atoms with Gasteiger partial charge in [0.15, 0.2) is 0 Å². The Hall–Kier alpha value is -1.58. The maximum absolute atomic E-state index is 12.6. The van der Waals surface area contributed by atoms with Gasteiger partial charge in [0.05, 0.1) is 7.11 Å². The number of methoxy groups -OCH3 is 1.